The molecule has 0 aliphatic rings. The number of benzene rings is 2. The lowest BCUT2D eigenvalue weighted by Crippen LogP contribution is -2.35. The number of fused-ring (bicyclic) bond motifs is 1. The SMILES string of the molecule is COc1ccc(NC(=O)C(C)On2nnc3ccc(Cl)cc32)cc1. The van der Waals surface area contributed by atoms with Crippen LogP contribution in [-0.4, -0.2) is 34.3 Å². The van der Waals surface area contributed by atoms with Gasteiger partial charge >= 0.3 is 0 Å². The van der Waals surface area contributed by atoms with E-state index in [1.807, 2.05) is 0 Å². The highest BCUT2D eigenvalue weighted by atomic mass is 35.5. The number of ether oxygens (including phenoxy) is 1. The highest BCUT2D eigenvalue weighted by Gasteiger charge is 2.17. The maximum Gasteiger partial charge on any atom is 0.267 e. The van der Waals surface area contributed by atoms with Crippen molar-refractivity contribution in [3.05, 3.63) is 47.5 Å². The number of aromatic nitrogens is 3. The molecule has 124 valence electrons. The summed E-state index contributed by atoms with van der Waals surface area (Å²) in [5.41, 5.74) is 1.86. The van der Waals surface area contributed by atoms with Crippen LogP contribution >= 0.6 is 11.6 Å². The van der Waals surface area contributed by atoms with Crippen LogP contribution < -0.4 is 14.9 Å². The number of carbonyl (C=O) groups is 1. The van der Waals surface area contributed by atoms with Crippen LogP contribution in [0.3, 0.4) is 0 Å². The molecule has 0 aliphatic heterocycles. The summed E-state index contributed by atoms with van der Waals surface area (Å²) in [5, 5.41) is 11.1. The molecule has 0 fully saturated rings. The molecule has 3 aromatic rings. The Hall–Kier alpha value is -2.80. The molecule has 8 heteroatoms. The molecule has 7 nitrogen and oxygen atoms in total. The van der Waals surface area contributed by atoms with Gasteiger partial charge in [-0.25, -0.2) is 0 Å². The van der Waals surface area contributed by atoms with E-state index in [0.29, 0.717) is 27.5 Å². The number of nitrogens with one attached hydrogen (secondary N) is 1. The molecule has 0 spiro atoms. The number of rotatable bonds is 5. The lowest BCUT2D eigenvalue weighted by Gasteiger charge is -2.14. The van der Waals surface area contributed by atoms with Gasteiger partial charge in [-0.1, -0.05) is 16.4 Å². The molecule has 3 rings (SSSR count). The van der Waals surface area contributed by atoms with Gasteiger partial charge in [0.25, 0.3) is 5.91 Å². The molecule has 24 heavy (non-hydrogen) atoms. The van der Waals surface area contributed by atoms with Crippen molar-refractivity contribution in [1.82, 2.24) is 15.2 Å². The van der Waals surface area contributed by atoms with Crippen LogP contribution in [0.15, 0.2) is 42.5 Å². The van der Waals surface area contributed by atoms with Gasteiger partial charge in [-0.15, -0.1) is 5.10 Å². The van der Waals surface area contributed by atoms with Gasteiger partial charge in [0.15, 0.2) is 0 Å². The van der Waals surface area contributed by atoms with Gasteiger partial charge in [0, 0.05) is 10.7 Å². The van der Waals surface area contributed by atoms with Crippen LogP contribution in [0.2, 0.25) is 5.02 Å². The molecule has 1 amide bonds. The third-order valence-electron chi connectivity index (χ3n) is 3.36. The fraction of sp³-hybridized carbons (Fsp3) is 0.188. The molecular weight excluding hydrogens is 332 g/mol. The van der Waals surface area contributed by atoms with Crippen LogP contribution in [-0.2, 0) is 4.79 Å². The van der Waals surface area contributed by atoms with Crippen molar-refractivity contribution >= 4 is 34.2 Å². The molecule has 1 aromatic heterocycles. The number of hydrogen-bond donors (Lipinski definition) is 1. The Bertz CT molecular complexity index is 863. The topological polar surface area (TPSA) is 78.3 Å². The highest BCUT2D eigenvalue weighted by molar-refractivity contribution is 6.31. The number of anilines is 1. The second-order valence-corrected chi connectivity index (χ2v) is 5.50. The fourth-order valence-electron chi connectivity index (χ4n) is 2.07. The molecule has 0 bridgehead atoms. The van der Waals surface area contributed by atoms with E-state index in [9.17, 15) is 4.79 Å². The van der Waals surface area contributed by atoms with E-state index in [2.05, 4.69) is 15.6 Å². The van der Waals surface area contributed by atoms with E-state index in [0.717, 1.165) is 0 Å². The molecule has 2 aromatic carbocycles. The molecule has 1 N–H and O–H groups in total. The number of carbonyl (C=O) groups excluding carboxylic acids is 1. The third kappa shape index (κ3) is 3.41. The second kappa shape index (κ2) is 6.76. The van der Waals surface area contributed by atoms with Crippen molar-refractivity contribution in [3.63, 3.8) is 0 Å². The summed E-state index contributed by atoms with van der Waals surface area (Å²) in [6.45, 7) is 1.62. The monoisotopic (exact) mass is 346 g/mol. The van der Waals surface area contributed by atoms with Gasteiger partial charge in [0.1, 0.15) is 16.8 Å². The Morgan fingerprint density at radius 3 is 2.71 bits per heavy atom. The number of hydrogen-bond acceptors (Lipinski definition) is 5. The first-order valence-corrected chi connectivity index (χ1v) is 7.57. The van der Waals surface area contributed by atoms with E-state index < -0.39 is 6.10 Å². The molecule has 1 heterocycles. The van der Waals surface area contributed by atoms with Crippen molar-refractivity contribution in [3.8, 4) is 5.75 Å². The maximum absolute atomic E-state index is 12.2. The number of nitrogens with zero attached hydrogens (tertiary/aromatic N) is 3. The van der Waals surface area contributed by atoms with Gasteiger partial charge in [-0.05, 0) is 54.6 Å². The standard InChI is InChI=1S/C16H15ClN4O3/c1-10(16(22)18-12-4-6-13(23-2)7-5-12)24-21-15-9-11(17)3-8-14(15)19-20-21/h3-10H,1-2H3,(H,18,22). The summed E-state index contributed by atoms with van der Waals surface area (Å²) in [7, 11) is 1.58. The summed E-state index contributed by atoms with van der Waals surface area (Å²) in [6.07, 6.45) is -0.781. The minimum absolute atomic E-state index is 0.314. The average molecular weight is 347 g/mol. The van der Waals surface area contributed by atoms with Gasteiger partial charge < -0.3 is 14.9 Å². The number of amides is 1. The molecule has 0 aliphatic carbocycles. The van der Waals surface area contributed by atoms with Gasteiger partial charge in [-0.2, -0.15) is 0 Å². The fourth-order valence-corrected chi connectivity index (χ4v) is 2.23. The number of methoxy groups -OCH3 is 1. The first-order chi connectivity index (χ1) is 11.6. The van der Waals surface area contributed by atoms with Crippen LogP contribution in [0.1, 0.15) is 6.92 Å². The van der Waals surface area contributed by atoms with E-state index in [-0.39, 0.29) is 5.91 Å². The van der Waals surface area contributed by atoms with Gasteiger partial charge in [0.05, 0.1) is 7.11 Å². The van der Waals surface area contributed by atoms with Crippen molar-refractivity contribution in [2.24, 2.45) is 0 Å². The summed E-state index contributed by atoms with van der Waals surface area (Å²) in [6, 6.07) is 12.1. The van der Waals surface area contributed by atoms with E-state index in [1.165, 1.54) is 4.85 Å². The average Bonchev–Trinajstić information content (AvgIpc) is 2.97. The Kier molecular flexibility index (Phi) is 4.52. The van der Waals surface area contributed by atoms with Crippen LogP contribution in [0, 0.1) is 0 Å². The summed E-state index contributed by atoms with van der Waals surface area (Å²) in [4.78, 5) is 19.0. The zero-order valence-electron chi connectivity index (χ0n) is 13.1. The van der Waals surface area contributed by atoms with Crippen molar-refractivity contribution in [2.45, 2.75) is 13.0 Å². The van der Waals surface area contributed by atoms with E-state index in [4.69, 9.17) is 21.2 Å². The predicted molar refractivity (Wildman–Crippen MR) is 90.2 cm³/mol. The molecule has 1 unspecified atom stereocenters. The minimum atomic E-state index is -0.781. The van der Waals surface area contributed by atoms with Crippen LogP contribution in [0.25, 0.3) is 11.0 Å². The second-order valence-electron chi connectivity index (χ2n) is 5.06. The lowest BCUT2D eigenvalue weighted by molar-refractivity contribution is -0.127. The van der Waals surface area contributed by atoms with Crippen LogP contribution in [0.4, 0.5) is 5.69 Å². The first-order valence-electron chi connectivity index (χ1n) is 7.20. The number of halogens is 1. The molecular formula is C16H15ClN4O3. The Morgan fingerprint density at radius 1 is 1.25 bits per heavy atom. The summed E-state index contributed by atoms with van der Waals surface area (Å²) in [5.74, 6) is 0.397. The normalized spacial score (nSPS) is 12.0. The maximum atomic E-state index is 12.2. The quantitative estimate of drug-likeness (QED) is 0.768. The third-order valence-corrected chi connectivity index (χ3v) is 3.60. The minimum Gasteiger partial charge on any atom is -0.497 e. The largest absolute Gasteiger partial charge is 0.497 e. The van der Waals surface area contributed by atoms with E-state index >= 15 is 0 Å². The molecule has 0 saturated carbocycles. The highest BCUT2D eigenvalue weighted by Crippen LogP contribution is 2.17. The zero-order chi connectivity index (χ0) is 17.1. The Morgan fingerprint density at radius 2 is 2.00 bits per heavy atom. The van der Waals surface area contributed by atoms with Crippen molar-refractivity contribution in [2.75, 3.05) is 12.4 Å². The zero-order valence-corrected chi connectivity index (χ0v) is 13.8. The lowest BCUT2D eigenvalue weighted by atomic mass is 10.3. The summed E-state index contributed by atoms with van der Waals surface area (Å²) < 4.78 is 5.08. The Labute approximate surface area is 143 Å². The first kappa shape index (κ1) is 16.1. The van der Waals surface area contributed by atoms with E-state index in [1.54, 1.807) is 56.5 Å². The molecule has 0 radical (unpaired) electrons. The Balaban J connectivity index is 1.69. The molecule has 1 atom stereocenters. The van der Waals surface area contributed by atoms with Crippen molar-refractivity contribution < 1.29 is 14.4 Å². The molecule has 0 saturated heterocycles. The van der Waals surface area contributed by atoms with Gasteiger partial charge in [-0.3, -0.25) is 4.79 Å². The van der Waals surface area contributed by atoms with Crippen molar-refractivity contribution in [1.29, 1.82) is 0 Å². The predicted octanol–water partition coefficient (Wildman–Crippen LogP) is 2.55. The smallest absolute Gasteiger partial charge is 0.267 e. The summed E-state index contributed by atoms with van der Waals surface area (Å²) >= 11 is 5.96. The van der Waals surface area contributed by atoms with Crippen LogP contribution in [0.5, 0.6) is 5.75 Å². The van der Waals surface area contributed by atoms with Gasteiger partial charge in [0.2, 0.25) is 6.10 Å².